The van der Waals surface area contributed by atoms with Gasteiger partial charge in [-0.15, -0.1) is 0 Å². The third kappa shape index (κ3) is 6.42. The summed E-state index contributed by atoms with van der Waals surface area (Å²) in [5, 5.41) is 8.55. The molecule has 4 aromatic carbocycles. The molecular formula is C35H43CrN3P2+2. The third-order valence-corrected chi connectivity index (χ3v) is 15.7. The van der Waals surface area contributed by atoms with Crippen LogP contribution in [0.1, 0.15) is 60.0 Å². The van der Waals surface area contributed by atoms with Gasteiger partial charge in [-0.1, -0.05) is 114 Å². The van der Waals surface area contributed by atoms with Gasteiger partial charge in [0.1, 0.15) is 10.6 Å². The van der Waals surface area contributed by atoms with Gasteiger partial charge in [0.2, 0.25) is 0 Å². The summed E-state index contributed by atoms with van der Waals surface area (Å²) in [6, 6.07) is 41.8. The number of nitrogens with zero attached hydrogens (tertiary/aromatic N) is 3. The van der Waals surface area contributed by atoms with Crippen LogP contribution in [0.2, 0.25) is 0 Å². The SMILES string of the molecule is CCCCN([PH+](c1ccccc1)c1ccccc1)[PH+]1[C@H](c2ccc(C)cc2)N2CCCN2[C@H]1c1ccc(C)cc1.[Cr]. The molecule has 2 heterocycles. The number of rotatable bonds is 9. The van der Waals surface area contributed by atoms with Crippen molar-refractivity contribution in [3.8, 4) is 0 Å². The zero-order valence-corrected chi connectivity index (χ0v) is 27.8. The monoisotopic (exact) mass is 619 g/mol. The standard InChI is InChI=1S/C35H41N3P2.Cr/c1-4-5-27-38(39(32-13-8-6-9-14-32)33-15-10-7-11-16-33)40-34(30-21-17-28(2)18-22-30)36-25-12-26-37(36)35(40)31-23-19-29(3)20-24-31;/h6-11,13-24,34-35H,4-5,12,25-27H2,1-3H3;/p+2/t34-,35-;/m1./s1. The van der Waals surface area contributed by atoms with E-state index in [1.54, 1.807) is 0 Å². The van der Waals surface area contributed by atoms with Crippen LogP contribution < -0.4 is 10.6 Å². The number of hydrogen-bond acceptors (Lipinski definition) is 3. The first-order chi connectivity index (χ1) is 19.7. The molecule has 0 aliphatic carbocycles. The molecule has 2 aliphatic heterocycles. The maximum atomic E-state index is 3.08. The van der Waals surface area contributed by atoms with Crippen LogP contribution in [-0.2, 0) is 17.4 Å². The molecule has 212 valence electrons. The van der Waals surface area contributed by atoms with Crippen molar-refractivity contribution < 1.29 is 17.4 Å². The van der Waals surface area contributed by atoms with E-state index >= 15 is 0 Å². The molecule has 3 nitrogen and oxygen atoms in total. The largest absolute Gasteiger partial charge is 0.195 e. The van der Waals surface area contributed by atoms with Crippen molar-refractivity contribution in [3.63, 3.8) is 0 Å². The van der Waals surface area contributed by atoms with Gasteiger partial charge in [0.15, 0.2) is 27.7 Å². The third-order valence-electron chi connectivity index (χ3n) is 8.46. The van der Waals surface area contributed by atoms with E-state index in [1.807, 2.05) is 0 Å². The van der Waals surface area contributed by atoms with Gasteiger partial charge in [-0.25, -0.2) is 0 Å². The number of fused-ring (bicyclic) bond motifs is 1. The summed E-state index contributed by atoms with van der Waals surface area (Å²) in [6.07, 6.45) is 3.68. The van der Waals surface area contributed by atoms with E-state index in [1.165, 1.54) is 52.1 Å². The molecule has 6 heteroatoms. The zero-order valence-electron chi connectivity index (χ0n) is 24.5. The number of unbranched alkanes of at least 4 members (excludes halogenated alkanes) is 1. The van der Waals surface area contributed by atoms with Crippen LogP contribution in [0.5, 0.6) is 0 Å². The second-order valence-corrected chi connectivity index (χ2v) is 16.6. The van der Waals surface area contributed by atoms with Gasteiger partial charge in [-0.05, 0) is 51.0 Å². The Labute approximate surface area is 260 Å². The Balaban J connectivity index is 0.00000337. The topological polar surface area (TPSA) is 9.72 Å². The average molecular weight is 620 g/mol. The fraction of sp³-hybridized carbons (Fsp3) is 0.314. The molecule has 41 heavy (non-hydrogen) atoms. The van der Waals surface area contributed by atoms with Crippen molar-refractivity contribution in [2.75, 3.05) is 19.6 Å². The Morgan fingerprint density at radius 2 is 1.12 bits per heavy atom. The summed E-state index contributed by atoms with van der Waals surface area (Å²) in [7, 11) is -2.34. The molecule has 6 rings (SSSR count). The minimum Gasteiger partial charge on any atom is -0.195 e. The average Bonchev–Trinajstić information content (AvgIpc) is 3.58. The minimum absolute atomic E-state index is 0. The van der Waals surface area contributed by atoms with E-state index in [0.29, 0.717) is 11.6 Å². The molecule has 0 radical (unpaired) electrons. The Hall–Kier alpha value is -1.85. The van der Waals surface area contributed by atoms with E-state index in [-0.39, 0.29) is 17.4 Å². The molecule has 0 saturated carbocycles. The van der Waals surface area contributed by atoms with Crippen molar-refractivity contribution in [1.82, 2.24) is 14.5 Å². The molecule has 4 aromatic rings. The first kappa shape index (κ1) is 30.6. The molecule has 0 spiro atoms. The summed E-state index contributed by atoms with van der Waals surface area (Å²) in [5.74, 6) is 0.840. The summed E-state index contributed by atoms with van der Waals surface area (Å²) < 4.78 is 3.08. The molecular weight excluding hydrogens is 576 g/mol. The first-order valence-electron chi connectivity index (χ1n) is 14.9. The van der Waals surface area contributed by atoms with E-state index in [4.69, 9.17) is 0 Å². The number of benzene rings is 4. The first-order valence-corrected chi connectivity index (χ1v) is 18.0. The predicted octanol–water partition coefficient (Wildman–Crippen LogP) is 7.95. The fourth-order valence-electron chi connectivity index (χ4n) is 6.50. The maximum absolute atomic E-state index is 3.08. The molecule has 2 saturated heterocycles. The fourth-order valence-corrected chi connectivity index (χ4v) is 14.9. The smallest absolute Gasteiger partial charge is 0.179 e. The summed E-state index contributed by atoms with van der Waals surface area (Å²) in [4.78, 5) is 0. The normalized spacial score (nSPS) is 19.5. The Morgan fingerprint density at radius 1 is 0.683 bits per heavy atom. The van der Waals surface area contributed by atoms with Crippen molar-refractivity contribution >= 4 is 26.8 Å². The molecule has 0 aromatic heterocycles. The second-order valence-electron chi connectivity index (χ2n) is 11.3. The molecule has 2 fully saturated rings. The molecule has 0 amide bonds. The molecule has 0 bridgehead atoms. The van der Waals surface area contributed by atoms with Crippen LogP contribution in [0, 0.1) is 13.8 Å². The van der Waals surface area contributed by atoms with Gasteiger partial charge in [-0.3, -0.25) is 0 Å². The van der Waals surface area contributed by atoms with Gasteiger partial charge in [0, 0.05) is 41.6 Å². The van der Waals surface area contributed by atoms with Crippen LogP contribution in [0.3, 0.4) is 0 Å². The van der Waals surface area contributed by atoms with E-state index in [0.717, 1.165) is 19.6 Å². The van der Waals surface area contributed by atoms with Crippen molar-refractivity contribution in [2.45, 2.75) is 51.6 Å². The maximum Gasteiger partial charge on any atom is 0.179 e. The van der Waals surface area contributed by atoms with E-state index < -0.39 is 16.1 Å². The number of hydrazine groups is 1. The van der Waals surface area contributed by atoms with Gasteiger partial charge >= 0.3 is 0 Å². The van der Waals surface area contributed by atoms with Crippen LogP contribution >= 0.6 is 16.1 Å². The Bertz CT molecular complexity index is 1270. The Morgan fingerprint density at radius 3 is 1.54 bits per heavy atom. The second kappa shape index (κ2) is 14.1. The van der Waals surface area contributed by atoms with Gasteiger partial charge in [-0.2, -0.15) is 10.0 Å². The molecule has 0 N–H and O–H groups in total. The number of hydrogen-bond donors (Lipinski definition) is 0. The van der Waals surface area contributed by atoms with E-state index in [9.17, 15) is 0 Å². The predicted molar refractivity (Wildman–Crippen MR) is 176 cm³/mol. The molecule has 0 unspecified atom stereocenters. The van der Waals surface area contributed by atoms with Crippen LogP contribution in [0.25, 0.3) is 0 Å². The summed E-state index contributed by atoms with van der Waals surface area (Å²) in [5.41, 5.74) is 5.66. The minimum atomic E-state index is -1.19. The van der Waals surface area contributed by atoms with Gasteiger partial charge in [0.05, 0.1) is 6.54 Å². The van der Waals surface area contributed by atoms with Crippen LogP contribution in [0.4, 0.5) is 0 Å². The van der Waals surface area contributed by atoms with Crippen molar-refractivity contribution in [3.05, 3.63) is 131 Å². The Kier molecular flexibility index (Phi) is 10.5. The van der Waals surface area contributed by atoms with Crippen molar-refractivity contribution in [1.29, 1.82) is 0 Å². The molecule has 2 atom stereocenters. The summed E-state index contributed by atoms with van der Waals surface area (Å²) >= 11 is 0. The quantitative estimate of drug-likeness (QED) is 0.176. The van der Waals surface area contributed by atoms with Gasteiger partial charge in [0.25, 0.3) is 0 Å². The van der Waals surface area contributed by atoms with E-state index in [2.05, 4.69) is 144 Å². The number of aryl methyl sites for hydroxylation is 2. The van der Waals surface area contributed by atoms with Crippen molar-refractivity contribution in [2.24, 2.45) is 0 Å². The zero-order chi connectivity index (χ0) is 27.5. The summed E-state index contributed by atoms with van der Waals surface area (Å²) in [6.45, 7) is 10.2. The molecule has 2 aliphatic rings. The van der Waals surface area contributed by atoms with Crippen LogP contribution in [0.15, 0.2) is 109 Å². The van der Waals surface area contributed by atoms with Crippen LogP contribution in [-0.4, -0.2) is 34.1 Å². The van der Waals surface area contributed by atoms with Gasteiger partial charge < -0.3 is 0 Å².